The number of aliphatic hydroxyl groups excluding tert-OH is 1. The van der Waals surface area contributed by atoms with Crippen LogP contribution in [0.2, 0.25) is 0 Å². The highest BCUT2D eigenvalue weighted by atomic mass is 127. The zero-order valence-electron chi connectivity index (χ0n) is 29.0. The van der Waals surface area contributed by atoms with Gasteiger partial charge in [-0.3, -0.25) is 24.1 Å². The number of nitrogens with one attached hydrogen (secondary N) is 5. The predicted molar refractivity (Wildman–Crippen MR) is 192 cm³/mol. The average molecular weight is 769 g/mol. The molecule has 0 unspecified atom stereocenters. The van der Waals surface area contributed by atoms with Gasteiger partial charge < -0.3 is 31.7 Å². The number of carbonyl (C=O) groups is 4. The highest BCUT2D eigenvalue weighted by Crippen LogP contribution is 2.21. The Labute approximate surface area is 294 Å². The van der Waals surface area contributed by atoms with Crippen molar-refractivity contribution in [1.82, 2.24) is 31.5 Å². The summed E-state index contributed by atoms with van der Waals surface area (Å²) in [5.41, 5.74) is 1.03. The van der Waals surface area contributed by atoms with E-state index in [0.29, 0.717) is 32.4 Å². The third-order valence-electron chi connectivity index (χ3n) is 9.38. The average Bonchev–Trinajstić information content (AvgIpc) is 3.73. The van der Waals surface area contributed by atoms with Gasteiger partial charge >= 0.3 is 0 Å². The minimum absolute atomic E-state index is 0.0620. The van der Waals surface area contributed by atoms with E-state index in [1.54, 1.807) is 0 Å². The summed E-state index contributed by atoms with van der Waals surface area (Å²) >= 11 is 2.25. The molecule has 0 radical (unpaired) electrons. The molecule has 2 heterocycles. The molecule has 11 nitrogen and oxygen atoms in total. The van der Waals surface area contributed by atoms with Crippen LogP contribution in [0.3, 0.4) is 0 Å². The van der Waals surface area contributed by atoms with Crippen LogP contribution in [0.25, 0.3) is 0 Å². The topological polar surface area (TPSA) is 152 Å². The number of nitrogens with zero attached hydrogens (tertiary/aromatic N) is 1. The van der Waals surface area contributed by atoms with E-state index in [2.05, 4.69) is 49.2 Å². The minimum Gasteiger partial charge on any atom is -0.390 e. The van der Waals surface area contributed by atoms with Crippen LogP contribution < -0.4 is 26.6 Å². The first-order chi connectivity index (χ1) is 22.3. The fourth-order valence-corrected chi connectivity index (χ4v) is 7.01. The Hall–Kier alpha value is -2.29. The summed E-state index contributed by atoms with van der Waals surface area (Å²) in [5, 5.41) is 26.6. The molecule has 1 aromatic carbocycles. The van der Waals surface area contributed by atoms with Crippen LogP contribution in [-0.2, 0) is 25.7 Å². The number of amides is 4. The van der Waals surface area contributed by atoms with E-state index in [0.717, 1.165) is 34.9 Å². The van der Waals surface area contributed by atoms with Gasteiger partial charge in [0.2, 0.25) is 23.6 Å². The van der Waals surface area contributed by atoms with Gasteiger partial charge in [0.15, 0.2) is 0 Å². The Balaban J connectivity index is 1.66. The molecule has 12 heteroatoms. The van der Waals surface area contributed by atoms with Gasteiger partial charge in [-0.2, -0.15) is 0 Å². The molecule has 47 heavy (non-hydrogen) atoms. The maximum atomic E-state index is 13.8. The fraction of sp³-hybridized carbons (Fsp3) is 0.714. The summed E-state index contributed by atoms with van der Waals surface area (Å²) in [5.74, 6) is -1.21. The van der Waals surface area contributed by atoms with Crippen molar-refractivity contribution in [1.29, 1.82) is 0 Å². The number of aliphatic hydroxyl groups is 1. The molecular formula is C35H57IN6O5. The van der Waals surface area contributed by atoms with Gasteiger partial charge in [-0.1, -0.05) is 60.1 Å². The lowest BCUT2D eigenvalue weighted by molar-refractivity contribution is -0.134. The molecule has 4 amide bonds. The van der Waals surface area contributed by atoms with Gasteiger partial charge in [-0.15, -0.1) is 0 Å². The van der Waals surface area contributed by atoms with Crippen LogP contribution in [0.1, 0.15) is 85.6 Å². The van der Waals surface area contributed by atoms with Crippen molar-refractivity contribution in [2.75, 3.05) is 19.6 Å². The Bertz CT molecular complexity index is 1190. The van der Waals surface area contributed by atoms with Crippen molar-refractivity contribution in [2.45, 2.75) is 123 Å². The van der Waals surface area contributed by atoms with Crippen molar-refractivity contribution in [3.8, 4) is 0 Å². The summed E-state index contributed by atoms with van der Waals surface area (Å²) in [6, 6.07) is 5.14. The van der Waals surface area contributed by atoms with Gasteiger partial charge in [0, 0.05) is 16.7 Å². The van der Waals surface area contributed by atoms with Crippen LogP contribution in [0.5, 0.6) is 0 Å². The third kappa shape index (κ3) is 12.0. The fourth-order valence-electron chi connectivity index (χ4n) is 6.40. The number of halogens is 1. The number of carbonyl (C=O) groups excluding carboxylic acids is 4. The molecule has 7 atom stereocenters. The van der Waals surface area contributed by atoms with Gasteiger partial charge in [0.1, 0.15) is 12.1 Å². The first kappa shape index (κ1) is 39.2. The van der Waals surface area contributed by atoms with E-state index in [1.165, 1.54) is 0 Å². The molecule has 0 spiro atoms. The second-order valence-electron chi connectivity index (χ2n) is 14.1. The minimum atomic E-state index is -0.916. The molecule has 3 rings (SSSR count). The van der Waals surface area contributed by atoms with Crippen LogP contribution in [0, 0.1) is 21.3 Å². The Kier molecular flexibility index (Phi) is 15.9. The lowest BCUT2D eigenvalue weighted by Gasteiger charge is -2.33. The van der Waals surface area contributed by atoms with Crippen molar-refractivity contribution in [3.63, 3.8) is 0 Å². The van der Waals surface area contributed by atoms with E-state index in [9.17, 15) is 24.3 Å². The molecule has 2 aliphatic heterocycles. The van der Waals surface area contributed by atoms with E-state index >= 15 is 0 Å². The van der Waals surface area contributed by atoms with E-state index < -0.39 is 30.1 Å². The first-order valence-corrected chi connectivity index (χ1v) is 18.5. The maximum Gasteiger partial charge on any atom is 0.243 e. The standard InChI is InChI=1S/C35H57IN6O5/c1-7-23(6)31(41-34(46)30(22(4)5)40-32(44)26-13-9-15-37-26)35(47)39-27(17-21(2)3)29(43)20-42-16-10-14-28(42)33(45)38-19-24-11-8-12-25(36)18-24/h8,11-12,18,21-23,26-31,37,43H,7,9-10,13-17,19-20H2,1-6H3,(H,38,45)(H,39,47)(H,40,44)(H,41,46)/t23-,26-,27-,28-,29+,30-,31-/m0/s1. The zero-order valence-corrected chi connectivity index (χ0v) is 31.1. The zero-order chi connectivity index (χ0) is 34.7. The number of benzene rings is 1. The Morgan fingerprint density at radius 1 is 0.979 bits per heavy atom. The lowest BCUT2D eigenvalue weighted by Crippen LogP contribution is -2.60. The predicted octanol–water partition coefficient (Wildman–Crippen LogP) is 2.69. The highest BCUT2D eigenvalue weighted by molar-refractivity contribution is 14.1. The van der Waals surface area contributed by atoms with Crippen molar-refractivity contribution in [2.24, 2.45) is 17.8 Å². The second kappa shape index (κ2) is 19.0. The Morgan fingerprint density at radius 3 is 2.32 bits per heavy atom. The molecule has 0 saturated carbocycles. The Morgan fingerprint density at radius 2 is 1.70 bits per heavy atom. The quantitative estimate of drug-likeness (QED) is 0.134. The molecule has 0 bridgehead atoms. The van der Waals surface area contributed by atoms with E-state index in [-0.39, 0.29) is 54.1 Å². The van der Waals surface area contributed by atoms with Crippen molar-refractivity contribution < 1.29 is 24.3 Å². The highest BCUT2D eigenvalue weighted by Gasteiger charge is 2.37. The number of β-amino-alcohol motifs (C(OH)–C–C–N with tert-alkyl or cyclic N) is 1. The SMILES string of the molecule is CC[C@H](C)[C@H](NC(=O)[C@@H](NC(=O)[C@@H]1CCCN1)C(C)C)C(=O)N[C@@H](CC(C)C)[C@H](O)CN1CCC[C@H]1C(=O)NCc1cccc(I)c1. The van der Waals surface area contributed by atoms with Gasteiger partial charge in [-0.05, 0) is 103 Å². The number of hydrogen-bond donors (Lipinski definition) is 6. The van der Waals surface area contributed by atoms with Crippen molar-refractivity contribution >= 4 is 46.2 Å². The number of likely N-dealkylation sites (tertiary alicyclic amines) is 1. The third-order valence-corrected chi connectivity index (χ3v) is 10.0. The largest absolute Gasteiger partial charge is 0.390 e. The summed E-state index contributed by atoms with van der Waals surface area (Å²) in [6.07, 6.45) is 3.46. The van der Waals surface area contributed by atoms with Crippen molar-refractivity contribution in [3.05, 3.63) is 33.4 Å². The van der Waals surface area contributed by atoms with E-state index in [1.807, 2.05) is 70.7 Å². The van der Waals surface area contributed by atoms with Crippen LogP contribution in [-0.4, -0.2) is 89.6 Å². The summed E-state index contributed by atoms with van der Waals surface area (Å²) < 4.78 is 1.11. The normalized spacial score (nSPS) is 21.6. The second-order valence-corrected chi connectivity index (χ2v) is 15.3. The first-order valence-electron chi connectivity index (χ1n) is 17.4. The lowest BCUT2D eigenvalue weighted by atomic mass is 9.94. The molecule has 2 aliphatic rings. The van der Waals surface area contributed by atoms with E-state index in [4.69, 9.17) is 0 Å². The smallest absolute Gasteiger partial charge is 0.243 e. The maximum absolute atomic E-state index is 13.8. The van der Waals surface area contributed by atoms with Crippen LogP contribution in [0.15, 0.2) is 24.3 Å². The monoisotopic (exact) mass is 768 g/mol. The molecule has 6 N–H and O–H groups in total. The molecule has 1 aromatic rings. The number of hydrogen-bond acceptors (Lipinski definition) is 7. The van der Waals surface area contributed by atoms with Crippen LogP contribution >= 0.6 is 22.6 Å². The molecule has 2 fully saturated rings. The van der Waals surface area contributed by atoms with Gasteiger partial charge in [0.25, 0.3) is 0 Å². The molecular weight excluding hydrogens is 711 g/mol. The summed E-state index contributed by atoms with van der Waals surface area (Å²) in [4.78, 5) is 55.4. The summed E-state index contributed by atoms with van der Waals surface area (Å²) in [7, 11) is 0. The molecule has 2 saturated heterocycles. The summed E-state index contributed by atoms with van der Waals surface area (Å²) in [6.45, 7) is 13.8. The molecule has 0 aliphatic carbocycles. The molecule has 264 valence electrons. The molecule has 0 aromatic heterocycles. The van der Waals surface area contributed by atoms with Gasteiger partial charge in [-0.25, -0.2) is 0 Å². The van der Waals surface area contributed by atoms with Crippen LogP contribution in [0.4, 0.5) is 0 Å². The number of rotatable bonds is 17. The van der Waals surface area contributed by atoms with Gasteiger partial charge in [0.05, 0.1) is 24.2 Å².